The number of nitrogens with zero attached hydrogens (tertiary/aromatic N) is 1. The van der Waals surface area contributed by atoms with Gasteiger partial charge in [-0.15, -0.1) is 0 Å². The second-order valence-corrected chi connectivity index (χ2v) is 7.68. The van der Waals surface area contributed by atoms with E-state index in [0.717, 1.165) is 31.6 Å². The minimum atomic E-state index is 0.221. The molecule has 0 aliphatic heterocycles. The maximum absolute atomic E-state index is 13.0. The smallest absolute Gasteiger partial charge is 0.226 e. The van der Waals surface area contributed by atoms with Crippen molar-refractivity contribution in [2.45, 2.75) is 95.7 Å². The molecule has 3 fully saturated rings. The van der Waals surface area contributed by atoms with Gasteiger partial charge in [-0.2, -0.15) is 0 Å². The molecule has 0 saturated heterocycles. The van der Waals surface area contributed by atoms with Gasteiger partial charge in [0.1, 0.15) is 0 Å². The first-order chi connectivity index (χ1) is 10.2. The van der Waals surface area contributed by atoms with Crippen molar-refractivity contribution in [3.05, 3.63) is 0 Å². The largest absolute Gasteiger partial charge is 0.336 e. The fourth-order valence-electron chi connectivity index (χ4n) is 4.50. The average molecular weight is 292 g/mol. The summed E-state index contributed by atoms with van der Waals surface area (Å²) in [5, 5.41) is 0. The van der Waals surface area contributed by atoms with Crippen molar-refractivity contribution in [3.63, 3.8) is 0 Å². The SMILES string of the molecule is CCC1CCC(N(C(=O)C2CCCC(N)C2)C2CC2)CC1. The van der Waals surface area contributed by atoms with Crippen molar-refractivity contribution in [2.75, 3.05) is 0 Å². The third kappa shape index (κ3) is 3.61. The van der Waals surface area contributed by atoms with E-state index in [9.17, 15) is 4.79 Å². The lowest BCUT2D eigenvalue weighted by Crippen LogP contribution is -2.48. The van der Waals surface area contributed by atoms with E-state index in [4.69, 9.17) is 5.73 Å². The summed E-state index contributed by atoms with van der Waals surface area (Å²) in [6, 6.07) is 1.36. The maximum Gasteiger partial charge on any atom is 0.226 e. The molecule has 2 N–H and O–H groups in total. The van der Waals surface area contributed by atoms with Crippen molar-refractivity contribution in [3.8, 4) is 0 Å². The van der Waals surface area contributed by atoms with Gasteiger partial charge in [0, 0.05) is 24.0 Å². The van der Waals surface area contributed by atoms with Gasteiger partial charge in [0.25, 0.3) is 0 Å². The van der Waals surface area contributed by atoms with Crippen LogP contribution in [0.4, 0.5) is 0 Å². The Labute approximate surface area is 129 Å². The van der Waals surface area contributed by atoms with Crippen molar-refractivity contribution in [1.82, 2.24) is 4.90 Å². The Morgan fingerprint density at radius 2 is 1.62 bits per heavy atom. The van der Waals surface area contributed by atoms with Gasteiger partial charge in [-0.3, -0.25) is 4.79 Å². The number of carbonyl (C=O) groups is 1. The fraction of sp³-hybridized carbons (Fsp3) is 0.944. The molecule has 0 heterocycles. The van der Waals surface area contributed by atoms with Crippen LogP contribution in [0.15, 0.2) is 0 Å². The maximum atomic E-state index is 13.0. The summed E-state index contributed by atoms with van der Waals surface area (Å²) in [7, 11) is 0. The minimum absolute atomic E-state index is 0.221. The van der Waals surface area contributed by atoms with Crippen LogP contribution < -0.4 is 5.73 Å². The van der Waals surface area contributed by atoms with Crippen LogP contribution in [0.3, 0.4) is 0 Å². The Bertz CT molecular complexity index is 358. The summed E-state index contributed by atoms with van der Waals surface area (Å²) in [5.74, 6) is 1.58. The van der Waals surface area contributed by atoms with Crippen LogP contribution in [0.1, 0.15) is 77.6 Å². The molecule has 0 aromatic carbocycles. The molecule has 0 bridgehead atoms. The Balaban J connectivity index is 1.63. The van der Waals surface area contributed by atoms with E-state index in [-0.39, 0.29) is 12.0 Å². The molecule has 0 radical (unpaired) electrons. The summed E-state index contributed by atoms with van der Waals surface area (Å²) < 4.78 is 0. The second kappa shape index (κ2) is 6.68. The zero-order valence-corrected chi connectivity index (χ0v) is 13.6. The first kappa shape index (κ1) is 15.3. The van der Waals surface area contributed by atoms with Gasteiger partial charge in [-0.05, 0) is 63.7 Å². The Morgan fingerprint density at radius 1 is 1.00 bits per heavy atom. The molecule has 3 saturated carbocycles. The molecule has 3 nitrogen and oxygen atoms in total. The molecule has 3 heteroatoms. The topological polar surface area (TPSA) is 46.3 Å². The highest BCUT2D eigenvalue weighted by Crippen LogP contribution is 2.38. The molecule has 3 aliphatic carbocycles. The van der Waals surface area contributed by atoms with Gasteiger partial charge in [0.15, 0.2) is 0 Å². The van der Waals surface area contributed by atoms with Gasteiger partial charge in [-0.1, -0.05) is 19.8 Å². The van der Waals surface area contributed by atoms with Crippen LogP contribution in [-0.4, -0.2) is 28.9 Å². The first-order valence-electron chi connectivity index (χ1n) is 9.26. The predicted octanol–water partition coefficient (Wildman–Crippen LogP) is 3.46. The predicted molar refractivity (Wildman–Crippen MR) is 85.8 cm³/mol. The lowest BCUT2D eigenvalue weighted by molar-refractivity contribution is -0.140. The first-order valence-corrected chi connectivity index (χ1v) is 9.26. The zero-order valence-electron chi connectivity index (χ0n) is 13.6. The number of hydrogen-bond donors (Lipinski definition) is 1. The van der Waals surface area contributed by atoms with Crippen LogP contribution >= 0.6 is 0 Å². The molecule has 0 aromatic rings. The van der Waals surface area contributed by atoms with Gasteiger partial charge in [-0.25, -0.2) is 0 Å². The van der Waals surface area contributed by atoms with E-state index < -0.39 is 0 Å². The molecule has 3 aliphatic rings. The summed E-state index contributed by atoms with van der Waals surface area (Å²) in [4.78, 5) is 15.4. The quantitative estimate of drug-likeness (QED) is 0.862. The van der Waals surface area contributed by atoms with E-state index in [1.807, 2.05) is 0 Å². The minimum Gasteiger partial charge on any atom is -0.336 e. The molecule has 3 rings (SSSR count). The van der Waals surface area contributed by atoms with E-state index in [0.29, 0.717) is 18.0 Å². The molecule has 2 atom stereocenters. The van der Waals surface area contributed by atoms with Crippen LogP contribution in [0.2, 0.25) is 0 Å². The van der Waals surface area contributed by atoms with Crippen LogP contribution in [0, 0.1) is 11.8 Å². The van der Waals surface area contributed by atoms with E-state index >= 15 is 0 Å². The van der Waals surface area contributed by atoms with Crippen LogP contribution in [0.5, 0.6) is 0 Å². The monoisotopic (exact) mass is 292 g/mol. The second-order valence-electron chi connectivity index (χ2n) is 7.68. The molecular weight excluding hydrogens is 260 g/mol. The van der Waals surface area contributed by atoms with Crippen molar-refractivity contribution >= 4 is 5.91 Å². The molecule has 1 amide bonds. The van der Waals surface area contributed by atoms with Gasteiger partial charge < -0.3 is 10.6 Å². The Morgan fingerprint density at radius 3 is 2.14 bits per heavy atom. The highest BCUT2D eigenvalue weighted by Gasteiger charge is 2.41. The van der Waals surface area contributed by atoms with Gasteiger partial charge in [0.05, 0.1) is 0 Å². The van der Waals surface area contributed by atoms with E-state index in [2.05, 4.69) is 11.8 Å². The standard InChI is InChI=1S/C18H32N2O/c1-2-13-6-8-16(9-7-13)20(17-10-11-17)18(21)14-4-3-5-15(19)12-14/h13-17H,2-12,19H2,1H3. The Hall–Kier alpha value is -0.570. The normalized spacial score (nSPS) is 37.2. The number of amides is 1. The third-order valence-electron chi connectivity index (χ3n) is 6.05. The summed E-state index contributed by atoms with van der Waals surface area (Å²) in [5.41, 5.74) is 6.10. The lowest BCUT2D eigenvalue weighted by Gasteiger charge is -2.40. The third-order valence-corrected chi connectivity index (χ3v) is 6.05. The Kier molecular flexibility index (Phi) is 4.88. The van der Waals surface area contributed by atoms with Crippen molar-refractivity contribution in [2.24, 2.45) is 17.6 Å². The number of hydrogen-bond acceptors (Lipinski definition) is 2. The molecule has 120 valence electrons. The van der Waals surface area contributed by atoms with Crippen LogP contribution in [0.25, 0.3) is 0 Å². The molecule has 2 unspecified atom stereocenters. The fourth-order valence-corrected chi connectivity index (χ4v) is 4.50. The summed E-state index contributed by atoms with van der Waals surface area (Å²) >= 11 is 0. The van der Waals surface area contributed by atoms with Crippen molar-refractivity contribution < 1.29 is 4.79 Å². The lowest BCUT2D eigenvalue weighted by atomic mass is 9.81. The van der Waals surface area contributed by atoms with E-state index in [1.165, 1.54) is 44.9 Å². The number of carbonyl (C=O) groups excluding carboxylic acids is 1. The van der Waals surface area contributed by atoms with Crippen molar-refractivity contribution in [1.29, 1.82) is 0 Å². The molecular formula is C18H32N2O. The molecule has 21 heavy (non-hydrogen) atoms. The number of rotatable bonds is 4. The highest BCUT2D eigenvalue weighted by atomic mass is 16.2. The van der Waals surface area contributed by atoms with Gasteiger partial charge >= 0.3 is 0 Å². The zero-order chi connectivity index (χ0) is 14.8. The number of nitrogens with two attached hydrogens (primary N) is 1. The average Bonchev–Trinajstić information content (AvgIpc) is 3.33. The van der Waals surface area contributed by atoms with Gasteiger partial charge in [0.2, 0.25) is 5.91 Å². The summed E-state index contributed by atoms with van der Waals surface area (Å²) in [6.07, 6.45) is 13.1. The van der Waals surface area contributed by atoms with E-state index in [1.54, 1.807) is 0 Å². The molecule has 0 spiro atoms. The summed E-state index contributed by atoms with van der Waals surface area (Å²) in [6.45, 7) is 2.30. The van der Waals surface area contributed by atoms with Crippen LogP contribution in [-0.2, 0) is 4.79 Å². The molecule has 0 aromatic heterocycles. The highest BCUT2D eigenvalue weighted by molar-refractivity contribution is 5.80.